The highest BCUT2D eigenvalue weighted by Gasteiger charge is 2.39. The molecule has 0 aliphatic rings. The van der Waals surface area contributed by atoms with Crippen molar-refractivity contribution in [1.82, 2.24) is 14.9 Å². The Morgan fingerprint density at radius 2 is 2.11 bits per heavy atom. The minimum Gasteiger partial charge on any atom is -0.382 e. The van der Waals surface area contributed by atoms with E-state index >= 15 is 0 Å². The molecule has 1 heterocycles. The van der Waals surface area contributed by atoms with E-state index in [1.165, 1.54) is 18.0 Å². The number of alkyl halides is 3. The van der Waals surface area contributed by atoms with E-state index in [-0.39, 0.29) is 11.4 Å². The van der Waals surface area contributed by atoms with Crippen LogP contribution in [-0.2, 0) is 0 Å². The molecule has 2 N–H and O–H groups in total. The summed E-state index contributed by atoms with van der Waals surface area (Å²) in [6.07, 6.45) is -7.10. The summed E-state index contributed by atoms with van der Waals surface area (Å²) in [5.74, 6) is 0.266. The van der Waals surface area contributed by atoms with Crippen molar-refractivity contribution in [3.63, 3.8) is 0 Å². The number of aromatic amines is 1. The first-order chi connectivity index (χ1) is 8.61. The molecule has 0 aliphatic carbocycles. The second-order valence-corrected chi connectivity index (χ2v) is 4.44. The number of nitrogens with zero attached hydrogens (tertiary/aromatic N) is 2. The van der Waals surface area contributed by atoms with Gasteiger partial charge in [0.1, 0.15) is 5.82 Å². The lowest BCUT2D eigenvalue weighted by atomic mass is 10.2. The maximum absolute atomic E-state index is 12.3. The molecule has 0 radical (unpaired) electrons. The number of aromatic nitrogens is 2. The molecule has 0 amide bonds. The zero-order valence-electron chi connectivity index (χ0n) is 10.8. The lowest BCUT2D eigenvalue weighted by Crippen LogP contribution is -2.40. The first-order valence-corrected chi connectivity index (χ1v) is 5.64. The van der Waals surface area contributed by atoms with E-state index < -0.39 is 24.9 Å². The molecule has 0 fully saturated rings. The Kier molecular flexibility index (Phi) is 4.70. The minimum absolute atomic E-state index is 0.266. The Labute approximate surface area is 108 Å². The van der Waals surface area contributed by atoms with E-state index in [4.69, 9.17) is 5.11 Å². The van der Waals surface area contributed by atoms with Gasteiger partial charge in [0.25, 0.3) is 5.56 Å². The predicted molar refractivity (Wildman–Crippen MR) is 62.7 cm³/mol. The van der Waals surface area contributed by atoms with Crippen molar-refractivity contribution in [3.05, 3.63) is 27.9 Å². The van der Waals surface area contributed by atoms with Gasteiger partial charge >= 0.3 is 6.18 Å². The number of likely N-dealkylation sites (N-methyl/N-ethyl adjacent to an activating group) is 1. The van der Waals surface area contributed by atoms with E-state index in [1.807, 2.05) is 0 Å². The monoisotopic (exact) mass is 279 g/mol. The average molecular weight is 279 g/mol. The van der Waals surface area contributed by atoms with Crippen LogP contribution in [0.15, 0.2) is 10.9 Å². The molecule has 0 saturated carbocycles. The molecule has 0 aliphatic heterocycles. The number of halogens is 3. The molecule has 1 aromatic rings. The quantitative estimate of drug-likeness (QED) is 0.862. The third-order valence-electron chi connectivity index (χ3n) is 2.78. The first kappa shape index (κ1) is 15.6. The molecule has 1 aromatic heterocycles. The van der Waals surface area contributed by atoms with Gasteiger partial charge in [0.05, 0.1) is 6.04 Å². The van der Waals surface area contributed by atoms with Crippen molar-refractivity contribution in [2.24, 2.45) is 0 Å². The van der Waals surface area contributed by atoms with Gasteiger partial charge in [-0.25, -0.2) is 4.98 Å². The van der Waals surface area contributed by atoms with Gasteiger partial charge in [0.15, 0.2) is 6.10 Å². The number of aliphatic hydroxyl groups is 1. The van der Waals surface area contributed by atoms with Gasteiger partial charge in [-0.2, -0.15) is 13.2 Å². The van der Waals surface area contributed by atoms with Crippen molar-refractivity contribution >= 4 is 0 Å². The van der Waals surface area contributed by atoms with Crippen LogP contribution < -0.4 is 5.56 Å². The fraction of sp³-hybridized carbons (Fsp3) is 0.636. The number of nitrogens with one attached hydrogen (secondary N) is 1. The predicted octanol–water partition coefficient (Wildman–Crippen LogP) is 0.994. The number of H-pyrrole nitrogens is 1. The summed E-state index contributed by atoms with van der Waals surface area (Å²) in [6, 6.07) is 0.741. The topological polar surface area (TPSA) is 69.2 Å². The van der Waals surface area contributed by atoms with Crippen LogP contribution in [0.5, 0.6) is 0 Å². The van der Waals surface area contributed by atoms with Gasteiger partial charge in [-0.3, -0.25) is 9.69 Å². The molecule has 1 rings (SSSR count). The fourth-order valence-corrected chi connectivity index (χ4v) is 1.54. The molecule has 0 aromatic carbocycles. The van der Waals surface area contributed by atoms with E-state index in [0.717, 1.165) is 0 Å². The minimum atomic E-state index is -4.67. The van der Waals surface area contributed by atoms with Crippen molar-refractivity contribution in [2.45, 2.75) is 32.2 Å². The van der Waals surface area contributed by atoms with Crippen molar-refractivity contribution < 1.29 is 18.3 Å². The van der Waals surface area contributed by atoms with Crippen LogP contribution >= 0.6 is 0 Å². The molecule has 0 saturated heterocycles. The normalized spacial score (nSPS) is 15.6. The van der Waals surface area contributed by atoms with Gasteiger partial charge in [0, 0.05) is 18.3 Å². The SMILES string of the molecule is Cc1cc(=O)[nH]c([C@@H](C)N(C)C[C@H](O)C(F)(F)F)n1. The molecular formula is C11H16F3N3O2. The van der Waals surface area contributed by atoms with Crippen LogP contribution in [0.1, 0.15) is 24.5 Å². The largest absolute Gasteiger partial charge is 0.415 e. The lowest BCUT2D eigenvalue weighted by molar-refractivity contribution is -0.208. The standard InChI is InChI=1S/C11H16F3N3O2/c1-6-4-9(19)16-10(15-6)7(2)17(3)5-8(18)11(12,13)14/h4,7-8,18H,5H2,1-3H3,(H,15,16,19)/t7-,8+/m1/s1. The first-order valence-electron chi connectivity index (χ1n) is 5.64. The van der Waals surface area contributed by atoms with E-state index in [0.29, 0.717) is 5.69 Å². The summed E-state index contributed by atoms with van der Waals surface area (Å²) in [5.41, 5.74) is 0.120. The molecule has 5 nitrogen and oxygen atoms in total. The van der Waals surface area contributed by atoms with Crippen molar-refractivity contribution in [3.8, 4) is 0 Å². The molecule has 8 heteroatoms. The number of rotatable bonds is 4. The molecular weight excluding hydrogens is 263 g/mol. The van der Waals surface area contributed by atoms with E-state index in [1.54, 1.807) is 13.8 Å². The summed E-state index contributed by atoms with van der Waals surface area (Å²) >= 11 is 0. The van der Waals surface area contributed by atoms with Gasteiger partial charge in [-0.1, -0.05) is 0 Å². The fourth-order valence-electron chi connectivity index (χ4n) is 1.54. The van der Waals surface area contributed by atoms with Crippen LogP contribution in [0.4, 0.5) is 13.2 Å². The Balaban J connectivity index is 2.82. The molecule has 19 heavy (non-hydrogen) atoms. The smallest absolute Gasteiger partial charge is 0.382 e. The molecule has 0 spiro atoms. The third-order valence-corrected chi connectivity index (χ3v) is 2.78. The van der Waals surface area contributed by atoms with Gasteiger partial charge in [-0.15, -0.1) is 0 Å². The second-order valence-electron chi connectivity index (χ2n) is 4.44. The number of aryl methyl sites for hydroxylation is 1. The van der Waals surface area contributed by atoms with E-state index in [9.17, 15) is 18.0 Å². The zero-order valence-corrected chi connectivity index (χ0v) is 10.8. The summed E-state index contributed by atoms with van der Waals surface area (Å²) in [4.78, 5) is 19.1. The molecule has 108 valence electrons. The third kappa shape index (κ3) is 4.32. The summed E-state index contributed by atoms with van der Waals surface area (Å²) in [5, 5.41) is 9.00. The Morgan fingerprint density at radius 1 is 1.53 bits per heavy atom. The van der Waals surface area contributed by atoms with Gasteiger partial charge in [0.2, 0.25) is 0 Å². The zero-order chi connectivity index (χ0) is 14.8. The maximum atomic E-state index is 12.3. The Morgan fingerprint density at radius 3 is 2.58 bits per heavy atom. The molecule has 0 bridgehead atoms. The Bertz CT molecular complexity index is 487. The van der Waals surface area contributed by atoms with Gasteiger partial charge in [-0.05, 0) is 20.9 Å². The Hall–Kier alpha value is -1.41. The molecule has 2 atom stereocenters. The summed E-state index contributed by atoms with van der Waals surface area (Å²) in [7, 11) is 1.42. The number of hydrogen-bond acceptors (Lipinski definition) is 4. The van der Waals surface area contributed by atoms with Crippen LogP contribution in [0.2, 0.25) is 0 Å². The maximum Gasteiger partial charge on any atom is 0.415 e. The van der Waals surface area contributed by atoms with Crippen molar-refractivity contribution in [2.75, 3.05) is 13.6 Å². The number of hydrogen-bond donors (Lipinski definition) is 2. The highest BCUT2D eigenvalue weighted by molar-refractivity contribution is 5.03. The second kappa shape index (κ2) is 5.70. The van der Waals surface area contributed by atoms with Crippen LogP contribution in [0, 0.1) is 6.92 Å². The van der Waals surface area contributed by atoms with Crippen LogP contribution in [-0.4, -0.2) is 45.8 Å². The van der Waals surface area contributed by atoms with Gasteiger partial charge < -0.3 is 10.1 Å². The van der Waals surface area contributed by atoms with Crippen molar-refractivity contribution in [1.29, 1.82) is 0 Å². The highest BCUT2D eigenvalue weighted by atomic mass is 19.4. The lowest BCUT2D eigenvalue weighted by Gasteiger charge is -2.27. The number of aliphatic hydroxyl groups excluding tert-OH is 1. The molecule has 0 unspecified atom stereocenters. The summed E-state index contributed by atoms with van der Waals surface area (Å²) < 4.78 is 36.8. The van der Waals surface area contributed by atoms with Crippen LogP contribution in [0.25, 0.3) is 0 Å². The van der Waals surface area contributed by atoms with E-state index in [2.05, 4.69) is 9.97 Å². The summed E-state index contributed by atoms with van der Waals surface area (Å²) in [6.45, 7) is 2.62. The van der Waals surface area contributed by atoms with Crippen LogP contribution in [0.3, 0.4) is 0 Å². The average Bonchev–Trinajstić information content (AvgIpc) is 2.25. The highest BCUT2D eigenvalue weighted by Crippen LogP contribution is 2.23.